The van der Waals surface area contributed by atoms with Gasteiger partial charge in [0.25, 0.3) is 5.91 Å². The molecule has 110 valence electrons. The Balaban J connectivity index is 2.15. The molecule has 5 heteroatoms. The number of amides is 1. The number of halogens is 1. The number of methoxy groups -OCH3 is 1. The van der Waals surface area contributed by atoms with Gasteiger partial charge in [-0.1, -0.05) is 19.1 Å². The normalized spacial score (nSPS) is 11.8. The maximum atomic E-state index is 13.6. The third kappa shape index (κ3) is 3.56. The number of nitrogens with zero attached hydrogens (tertiary/aromatic N) is 1. The van der Waals surface area contributed by atoms with Crippen molar-refractivity contribution >= 4 is 5.91 Å². The molecule has 0 radical (unpaired) electrons. The third-order valence-corrected chi connectivity index (χ3v) is 3.25. The molecular formula is C16H17FN2O2. The summed E-state index contributed by atoms with van der Waals surface area (Å²) in [4.78, 5) is 15.8. The molecule has 0 aliphatic rings. The van der Waals surface area contributed by atoms with Crippen molar-refractivity contribution in [2.45, 2.75) is 19.4 Å². The van der Waals surface area contributed by atoms with Gasteiger partial charge in [-0.05, 0) is 30.2 Å². The van der Waals surface area contributed by atoms with Crippen LogP contribution >= 0.6 is 0 Å². The number of aromatic nitrogens is 1. The van der Waals surface area contributed by atoms with E-state index in [0.29, 0.717) is 6.42 Å². The minimum atomic E-state index is -0.625. The third-order valence-electron chi connectivity index (χ3n) is 3.25. The molecule has 0 spiro atoms. The van der Waals surface area contributed by atoms with Gasteiger partial charge in [-0.2, -0.15) is 0 Å². The van der Waals surface area contributed by atoms with Crippen molar-refractivity contribution in [3.05, 3.63) is 59.7 Å². The van der Waals surface area contributed by atoms with E-state index in [2.05, 4.69) is 10.3 Å². The van der Waals surface area contributed by atoms with Crippen LogP contribution in [0.3, 0.4) is 0 Å². The van der Waals surface area contributed by atoms with E-state index in [1.165, 1.54) is 12.3 Å². The van der Waals surface area contributed by atoms with E-state index in [9.17, 15) is 9.18 Å². The molecule has 2 rings (SSSR count). The van der Waals surface area contributed by atoms with Gasteiger partial charge in [0.05, 0.1) is 24.9 Å². The van der Waals surface area contributed by atoms with Gasteiger partial charge in [0.1, 0.15) is 5.75 Å². The van der Waals surface area contributed by atoms with Crippen LogP contribution in [0.25, 0.3) is 0 Å². The van der Waals surface area contributed by atoms with E-state index in [4.69, 9.17) is 4.74 Å². The SMILES string of the molecule is CCC(NC(=O)c1ccncc1F)c1ccc(OC)cc1. The average Bonchev–Trinajstić information content (AvgIpc) is 2.53. The summed E-state index contributed by atoms with van der Waals surface area (Å²) < 4.78 is 18.7. The van der Waals surface area contributed by atoms with Crippen molar-refractivity contribution < 1.29 is 13.9 Å². The van der Waals surface area contributed by atoms with Gasteiger partial charge < -0.3 is 10.1 Å². The largest absolute Gasteiger partial charge is 0.497 e. The van der Waals surface area contributed by atoms with Crippen LogP contribution in [0.1, 0.15) is 35.3 Å². The summed E-state index contributed by atoms with van der Waals surface area (Å²) in [6.45, 7) is 1.96. The predicted octanol–water partition coefficient (Wildman–Crippen LogP) is 3.11. The first-order valence-electron chi connectivity index (χ1n) is 6.70. The minimum absolute atomic E-state index is 0.00281. The highest BCUT2D eigenvalue weighted by Crippen LogP contribution is 2.20. The molecule has 1 heterocycles. The van der Waals surface area contributed by atoms with Gasteiger partial charge in [-0.3, -0.25) is 9.78 Å². The lowest BCUT2D eigenvalue weighted by Gasteiger charge is -2.18. The van der Waals surface area contributed by atoms with Crippen LogP contribution in [0, 0.1) is 5.82 Å². The van der Waals surface area contributed by atoms with Crippen LogP contribution in [0.4, 0.5) is 4.39 Å². The summed E-state index contributed by atoms with van der Waals surface area (Å²) in [6, 6.07) is 8.61. The molecule has 0 saturated heterocycles. The van der Waals surface area contributed by atoms with E-state index in [1.54, 1.807) is 7.11 Å². The number of benzene rings is 1. The Morgan fingerprint density at radius 2 is 2.05 bits per heavy atom. The zero-order valence-electron chi connectivity index (χ0n) is 12.0. The van der Waals surface area contributed by atoms with E-state index >= 15 is 0 Å². The van der Waals surface area contributed by atoms with E-state index in [-0.39, 0.29) is 11.6 Å². The smallest absolute Gasteiger partial charge is 0.254 e. The molecule has 1 amide bonds. The Hall–Kier alpha value is -2.43. The van der Waals surface area contributed by atoms with Crippen molar-refractivity contribution in [1.82, 2.24) is 10.3 Å². The molecule has 1 aromatic carbocycles. The van der Waals surface area contributed by atoms with Gasteiger partial charge >= 0.3 is 0 Å². The number of pyridine rings is 1. The van der Waals surface area contributed by atoms with Crippen molar-refractivity contribution in [2.75, 3.05) is 7.11 Å². The van der Waals surface area contributed by atoms with Gasteiger partial charge in [0, 0.05) is 6.20 Å². The molecule has 1 unspecified atom stereocenters. The van der Waals surface area contributed by atoms with Crippen LogP contribution in [0.2, 0.25) is 0 Å². The molecule has 2 aromatic rings. The highest BCUT2D eigenvalue weighted by atomic mass is 19.1. The highest BCUT2D eigenvalue weighted by molar-refractivity contribution is 5.94. The first-order valence-corrected chi connectivity index (χ1v) is 6.70. The minimum Gasteiger partial charge on any atom is -0.497 e. The van der Waals surface area contributed by atoms with Gasteiger partial charge in [-0.25, -0.2) is 4.39 Å². The molecule has 21 heavy (non-hydrogen) atoms. The number of rotatable bonds is 5. The Morgan fingerprint density at radius 3 is 2.62 bits per heavy atom. The summed E-state index contributed by atoms with van der Waals surface area (Å²) in [5.74, 6) is -0.322. The molecule has 1 aromatic heterocycles. The quantitative estimate of drug-likeness (QED) is 0.919. The molecule has 1 N–H and O–H groups in total. The Kier molecular flexibility index (Phi) is 4.87. The van der Waals surface area contributed by atoms with Crippen LogP contribution in [-0.2, 0) is 0 Å². The second-order valence-corrected chi connectivity index (χ2v) is 4.56. The van der Waals surface area contributed by atoms with Gasteiger partial charge in [-0.15, -0.1) is 0 Å². The van der Waals surface area contributed by atoms with Crippen LogP contribution in [-0.4, -0.2) is 18.0 Å². The Bertz CT molecular complexity index is 614. The summed E-state index contributed by atoms with van der Waals surface area (Å²) >= 11 is 0. The van der Waals surface area contributed by atoms with Gasteiger partial charge in [0.2, 0.25) is 0 Å². The number of hydrogen-bond acceptors (Lipinski definition) is 3. The van der Waals surface area contributed by atoms with Crippen molar-refractivity contribution in [3.63, 3.8) is 0 Å². The zero-order valence-corrected chi connectivity index (χ0v) is 12.0. The second-order valence-electron chi connectivity index (χ2n) is 4.56. The number of carbonyl (C=O) groups is 1. The van der Waals surface area contributed by atoms with Crippen LogP contribution < -0.4 is 10.1 Å². The lowest BCUT2D eigenvalue weighted by atomic mass is 10.0. The fourth-order valence-corrected chi connectivity index (χ4v) is 2.05. The van der Waals surface area contributed by atoms with E-state index in [0.717, 1.165) is 17.5 Å². The monoisotopic (exact) mass is 288 g/mol. The molecule has 1 atom stereocenters. The van der Waals surface area contributed by atoms with Crippen LogP contribution in [0.5, 0.6) is 5.75 Å². The van der Waals surface area contributed by atoms with Gasteiger partial charge in [0.15, 0.2) is 5.82 Å². The zero-order chi connectivity index (χ0) is 15.2. The Morgan fingerprint density at radius 1 is 1.33 bits per heavy atom. The highest BCUT2D eigenvalue weighted by Gasteiger charge is 2.16. The molecule has 0 aliphatic heterocycles. The Labute approximate surface area is 123 Å². The predicted molar refractivity (Wildman–Crippen MR) is 77.7 cm³/mol. The number of hydrogen-bond donors (Lipinski definition) is 1. The van der Waals surface area contributed by atoms with Crippen molar-refractivity contribution in [2.24, 2.45) is 0 Å². The first kappa shape index (κ1) is 15.0. The van der Waals surface area contributed by atoms with E-state index in [1.807, 2.05) is 31.2 Å². The maximum absolute atomic E-state index is 13.6. The van der Waals surface area contributed by atoms with E-state index < -0.39 is 11.7 Å². The number of nitrogens with one attached hydrogen (secondary N) is 1. The molecule has 0 bridgehead atoms. The summed E-state index contributed by atoms with van der Waals surface area (Å²) in [5.41, 5.74) is 0.943. The lowest BCUT2D eigenvalue weighted by molar-refractivity contribution is 0.0931. The maximum Gasteiger partial charge on any atom is 0.254 e. The first-order chi connectivity index (χ1) is 10.2. The number of ether oxygens (including phenoxy) is 1. The lowest BCUT2D eigenvalue weighted by Crippen LogP contribution is -2.28. The second kappa shape index (κ2) is 6.83. The molecule has 0 fully saturated rings. The molecule has 0 aliphatic carbocycles. The van der Waals surface area contributed by atoms with Crippen molar-refractivity contribution in [3.8, 4) is 5.75 Å². The average molecular weight is 288 g/mol. The summed E-state index contributed by atoms with van der Waals surface area (Å²) in [7, 11) is 1.60. The molecule has 4 nitrogen and oxygen atoms in total. The van der Waals surface area contributed by atoms with Crippen molar-refractivity contribution in [1.29, 1.82) is 0 Å². The molecule has 0 saturated carbocycles. The number of carbonyl (C=O) groups excluding carboxylic acids is 1. The fraction of sp³-hybridized carbons (Fsp3) is 0.250. The molecular weight excluding hydrogens is 271 g/mol. The standard InChI is InChI=1S/C16H17FN2O2/c1-3-15(11-4-6-12(21-2)7-5-11)19-16(20)13-8-9-18-10-14(13)17/h4-10,15H,3H2,1-2H3,(H,19,20). The topological polar surface area (TPSA) is 51.2 Å². The summed E-state index contributed by atoms with van der Waals surface area (Å²) in [5, 5.41) is 2.83. The fourth-order valence-electron chi connectivity index (χ4n) is 2.05. The summed E-state index contributed by atoms with van der Waals surface area (Å²) in [6.07, 6.45) is 3.13. The van der Waals surface area contributed by atoms with Crippen LogP contribution in [0.15, 0.2) is 42.7 Å².